The first kappa shape index (κ1) is 9.33. The van der Waals surface area contributed by atoms with Gasteiger partial charge >= 0.3 is 6.01 Å². The molecule has 0 spiro atoms. The molecule has 0 amide bonds. The van der Waals surface area contributed by atoms with Crippen LogP contribution >= 0.6 is 0 Å². The predicted octanol–water partition coefficient (Wildman–Crippen LogP) is 0.357. The van der Waals surface area contributed by atoms with Gasteiger partial charge in [0.2, 0.25) is 0 Å². The quantitative estimate of drug-likeness (QED) is 0.735. The van der Waals surface area contributed by atoms with Crippen LogP contribution in [0.15, 0.2) is 0 Å². The summed E-state index contributed by atoms with van der Waals surface area (Å²) in [6.07, 6.45) is 1.95. The third kappa shape index (κ3) is 1.82. The van der Waals surface area contributed by atoms with Crippen molar-refractivity contribution in [2.45, 2.75) is 38.8 Å². The van der Waals surface area contributed by atoms with Crippen LogP contribution in [0.3, 0.4) is 0 Å². The zero-order valence-corrected chi connectivity index (χ0v) is 8.40. The van der Waals surface area contributed by atoms with Crippen LogP contribution < -0.4 is 10.5 Å². The van der Waals surface area contributed by atoms with Crippen LogP contribution in [0, 0.1) is 13.8 Å². The van der Waals surface area contributed by atoms with Crippen LogP contribution in [0.5, 0.6) is 6.01 Å². The van der Waals surface area contributed by atoms with Crippen LogP contribution in [0.25, 0.3) is 0 Å². The number of rotatable bonds is 2. The lowest BCUT2D eigenvalue weighted by Crippen LogP contribution is -2.43. The summed E-state index contributed by atoms with van der Waals surface area (Å²) in [4.78, 5) is 4.18. The first-order chi connectivity index (χ1) is 6.65. The number of aromatic nitrogens is 3. The van der Waals surface area contributed by atoms with E-state index in [2.05, 4.69) is 15.2 Å². The molecule has 0 unspecified atom stereocenters. The predicted molar refractivity (Wildman–Crippen MR) is 50.9 cm³/mol. The van der Waals surface area contributed by atoms with Crippen LogP contribution in [0.1, 0.15) is 24.2 Å². The van der Waals surface area contributed by atoms with Gasteiger partial charge in [0, 0.05) is 6.04 Å². The highest BCUT2D eigenvalue weighted by Crippen LogP contribution is 2.22. The van der Waals surface area contributed by atoms with E-state index in [0.29, 0.717) is 6.01 Å². The fourth-order valence-electron chi connectivity index (χ4n) is 1.34. The highest BCUT2D eigenvalue weighted by molar-refractivity contribution is 5.08. The number of hydrogen-bond donors (Lipinski definition) is 1. The van der Waals surface area contributed by atoms with E-state index >= 15 is 0 Å². The maximum Gasteiger partial charge on any atom is 0.336 e. The Bertz CT molecular complexity index is 336. The van der Waals surface area contributed by atoms with Crippen molar-refractivity contribution in [2.75, 3.05) is 0 Å². The SMILES string of the molecule is Cc1nnc(OC2CC(N)C2)nc1C. The van der Waals surface area contributed by atoms with E-state index in [1.165, 1.54) is 0 Å². The molecule has 1 saturated carbocycles. The van der Waals surface area contributed by atoms with Crippen LogP contribution in [0.4, 0.5) is 0 Å². The average molecular weight is 194 g/mol. The summed E-state index contributed by atoms with van der Waals surface area (Å²) in [7, 11) is 0. The monoisotopic (exact) mass is 194 g/mol. The van der Waals surface area contributed by atoms with Crippen molar-refractivity contribution in [3.8, 4) is 6.01 Å². The lowest BCUT2D eigenvalue weighted by Gasteiger charge is -2.31. The molecule has 0 bridgehead atoms. The second-order valence-corrected chi connectivity index (χ2v) is 3.74. The Balaban J connectivity index is 2.00. The lowest BCUT2D eigenvalue weighted by molar-refractivity contribution is 0.0888. The first-order valence-corrected chi connectivity index (χ1v) is 4.75. The maximum absolute atomic E-state index is 5.64. The fraction of sp³-hybridized carbons (Fsp3) is 0.667. The van der Waals surface area contributed by atoms with Gasteiger partial charge in [0.05, 0.1) is 11.4 Å². The third-order valence-electron chi connectivity index (χ3n) is 2.48. The summed E-state index contributed by atoms with van der Waals surface area (Å²) in [6, 6.07) is 0.643. The van der Waals surface area contributed by atoms with Crippen molar-refractivity contribution in [2.24, 2.45) is 5.73 Å². The Morgan fingerprint density at radius 2 is 1.93 bits per heavy atom. The Hall–Kier alpha value is -1.23. The molecular weight excluding hydrogens is 180 g/mol. The largest absolute Gasteiger partial charge is 0.459 e. The number of aryl methyl sites for hydroxylation is 2. The van der Waals surface area contributed by atoms with Crippen molar-refractivity contribution < 1.29 is 4.74 Å². The van der Waals surface area contributed by atoms with Gasteiger partial charge in [-0.05, 0) is 26.7 Å². The van der Waals surface area contributed by atoms with E-state index in [4.69, 9.17) is 10.5 Å². The summed E-state index contributed by atoms with van der Waals surface area (Å²) in [5.41, 5.74) is 7.34. The number of hydrogen-bond acceptors (Lipinski definition) is 5. The molecule has 1 aromatic heterocycles. The van der Waals surface area contributed by atoms with Gasteiger partial charge in [-0.15, -0.1) is 5.10 Å². The van der Waals surface area contributed by atoms with Crippen molar-refractivity contribution in [3.63, 3.8) is 0 Å². The molecule has 0 saturated heterocycles. The highest BCUT2D eigenvalue weighted by Gasteiger charge is 2.28. The molecule has 1 aliphatic carbocycles. The second-order valence-electron chi connectivity index (χ2n) is 3.74. The molecule has 0 atom stereocenters. The Kier molecular flexibility index (Phi) is 2.33. The molecule has 0 radical (unpaired) electrons. The standard InChI is InChI=1S/C9H14N4O/c1-5-6(2)12-13-9(11-5)14-8-3-7(10)4-8/h7-8H,3-4,10H2,1-2H3. The third-order valence-corrected chi connectivity index (χ3v) is 2.48. The Labute approximate surface area is 82.7 Å². The van der Waals surface area contributed by atoms with Gasteiger partial charge in [-0.2, -0.15) is 4.98 Å². The summed E-state index contributed by atoms with van der Waals surface area (Å²) < 4.78 is 5.49. The molecule has 0 aromatic carbocycles. The summed E-state index contributed by atoms with van der Waals surface area (Å²) in [5, 5.41) is 7.80. The van der Waals surface area contributed by atoms with Crippen molar-refractivity contribution in [3.05, 3.63) is 11.4 Å². The van der Waals surface area contributed by atoms with Gasteiger partial charge in [-0.1, -0.05) is 5.10 Å². The van der Waals surface area contributed by atoms with Crippen molar-refractivity contribution in [1.29, 1.82) is 0 Å². The lowest BCUT2D eigenvalue weighted by atomic mass is 9.90. The first-order valence-electron chi connectivity index (χ1n) is 4.75. The molecular formula is C9H14N4O. The summed E-state index contributed by atoms with van der Waals surface area (Å²) in [6.45, 7) is 3.77. The van der Waals surface area contributed by atoms with Gasteiger partial charge in [0.25, 0.3) is 0 Å². The molecule has 0 aliphatic heterocycles. The summed E-state index contributed by atoms with van der Waals surface area (Å²) in [5.74, 6) is 0. The molecule has 5 nitrogen and oxygen atoms in total. The van der Waals surface area contributed by atoms with E-state index < -0.39 is 0 Å². The van der Waals surface area contributed by atoms with E-state index in [1.54, 1.807) is 0 Å². The van der Waals surface area contributed by atoms with Crippen LogP contribution in [-0.4, -0.2) is 27.3 Å². The van der Waals surface area contributed by atoms with Gasteiger partial charge in [0.15, 0.2) is 0 Å². The maximum atomic E-state index is 5.64. The number of nitrogens with zero attached hydrogens (tertiary/aromatic N) is 3. The minimum absolute atomic E-state index is 0.175. The molecule has 1 aliphatic rings. The smallest absolute Gasteiger partial charge is 0.336 e. The van der Waals surface area contributed by atoms with Gasteiger partial charge in [0.1, 0.15) is 6.10 Å². The van der Waals surface area contributed by atoms with E-state index in [1.807, 2.05) is 13.8 Å². The molecule has 1 aromatic rings. The van der Waals surface area contributed by atoms with E-state index in [0.717, 1.165) is 24.2 Å². The molecule has 2 rings (SSSR count). The Morgan fingerprint density at radius 3 is 2.50 bits per heavy atom. The zero-order valence-electron chi connectivity index (χ0n) is 8.40. The second kappa shape index (κ2) is 3.49. The minimum Gasteiger partial charge on any atom is -0.459 e. The molecule has 2 N–H and O–H groups in total. The molecule has 14 heavy (non-hydrogen) atoms. The Morgan fingerprint density at radius 1 is 1.21 bits per heavy atom. The molecule has 1 fully saturated rings. The summed E-state index contributed by atoms with van der Waals surface area (Å²) >= 11 is 0. The van der Waals surface area contributed by atoms with Gasteiger partial charge in [-0.25, -0.2) is 0 Å². The molecule has 76 valence electrons. The van der Waals surface area contributed by atoms with Gasteiger partial charge < -0.3 is 10.5 Å². The topological polar surface area (TPSA) is 73.9 Å². The fourth-order valence-corrected chi connectivity index (χ4v) is 1.34. The van der Waals surface area contributed by atoms with Crippen LogP contribution in [-0.2, 0) is 0 Å². The average Bonchev–Trinajstić information content (AvgIpc) is 2.09. The van der Waals surface area contributed by atoms with Crippen molar-refractivity contribution in [1.82, 2.24) is 15.2 Å². The minimum atomic E-state index is 0.175. The van der Waals surface area contributed by atoms with Crippen LogP contribution in [0.2, 0.25) is 0 Å². The molecule has 1 heterocycles. The molecule has 5 heteroatoms. The highest BCUT2D eigenvalue weighted by atomic mass is 16.5. The van der Waals surface area contributed by atoms with E-state index in [9.17, 15) is 0 Å². The van der Waals surface area contributed by atoms with Gasteiger partial charge in [-0.3, -0.25) is 0 Å². The normalized spacial score (nSPS) is 25.6. The van der Waals surface area contributed by atoms with Crippen molar-refractivity contribution >= 4 is 0 Å². The number of nitrogens with two attached hydrogens (primary N) is 1. The zero-order chi connectivity index (χ0) is 10.1. The van der Waals surface area contributed by atoms with E-state index in [-0.39, 0.29) is 12.1 Å². The number of ether oxygens (including phenoxy) is 1.